The van der Waals surface area contributed by atoms with Gasteiger partial charge in [0.15, 0.2) is 5.96 Å². The van der Waals surface area contributed by atoms with Crippen molar-refractivity contribution in [1.29, 1.82) is 0 Å². The van der Waals surface area contributed by atoms with Crippen molar-refractivity contribution >= 4 is 41.5 Å². The van der Waals surface area contributed by atoms with Gasteiger partial charge < -0.3 is 10.6 Å². The number of halogens is 2. The van der Waals surface area contributed by atoms with E-state index in [1.165, 1.54) is 25.7 Å². The Bertz CT molecular complexity index is 431. The van der Waals surface area contributed by atoms with Gasteiger partial charge in [-0.1, -0.05) is 36.6 Å². The van der Waals surface area contributed by atoms with Crippen LogP contribution in [0.4, 0.5) is 0 Å². The van der Waals surface area contributed by atoms with E-state index in [0.29, 0.717) is 12.6 Å². The number of rotatable bonds is 4. The lowest BCUT2D eigenvalue weighted by Gasteiger charge is -2.16. The van der Waals surface area contributed by atoms with E-state index in [1.807, 2.05) is 18.2 Å². The van der Waals surface area contributed by atoms with Gasteiger partial charge in [0.2, 0.25) is 0 Å². The van der Waals surface area contributed by atoms with E-state index >= 15 is 0 Å². The lowest BCUT2D eigenvalue weighted by molar-refractivity contribution is 0.614. The average Bonchev–Trinajstić information content (AvgIpc) is 2.89. The van der Waals surface area contributed by atoms with Crippen molar-refractivity contribution in [2.75, 3.05) is 6.54 Å². The van der Waals surface area contributed by atoms with Crippen molar-refractivity contribution in [3.05, 3.63) is 34.9 Å². The molecular formula is C15H23ClIN3. The molecule has 5 heteroatoms. The zero-order valence-electron chi connectivity index (χ0n) is 11.9. The highest BCUT2D eigenvalue weighted by atomic mass is 127. The molecule has 2 N–H and O–H groups in total. The van der Waals surface area contributed by atoms with E-state index in [1.54, 1.807) is 0 Å². The fourth-order valence-corrected chi connectivity index (χ4v) is 2.60. The summed E-state index contributed by atoms with van der Waals surface area (Å²) in [5.74, 6) is 0.911. The van der Waals surface area contributed by atoms with Crippen LogP contribution in [0.2, 0.25) is 5.02 Å². The molecule has 112 valence electrons. The highest BCUT2D eigenvalue weighted by Gasteiger charge is 2.15. The van der Waals surface area contributed by atoms with Crippen molar-refractivity contribution < 1.29 is 0 Å². The highest BCUT2D eigenvalue weighted by Crippen LogP contribution is 2.17. The van der Waals surface area contributed by atoms with E-state index in [2.05, 4.69) is 28.6 Å². The molecule has 0 aliphatic heterocycles. The van der Waals surface area contributed by atoms with Gasteiger partial charge in [0.1, 0.15) is 0 Å². The van der Waals surface area contributed by atoms with Crippen molar-refractivity contribution in [2.24, 2.45) is 4.99 Å². The predicted molar refractivity (Wildman–Crippen MR) is 97.1 cm³/mol. The Balaban J connectivity index is 0.00000200. The summed E-state index contributed by atoms with van der Waals surface area (Å²) in [6, 6.07) is 8.44. The van der Waals surface area contributed by atoms with Gasteiger partial charge in [-0.05, 0) is 37.5 Å². The largest absolute Gasteiger partial charge is 0.357 e. The number of nitrogens with one attached hydrogen (secondary N) is 2. The summed E-state index contributed by atoms with van der Waals surface area (Å²) in [5, 5.41) is 7.57. The third-order valence-electron chi connectivity index (χ3n) is 3.35. The van der Waals surface area contributed by atoms with Gasteiger partial charge in [-0.3, -0.25) is 0 Å². The molecule has 0 atom stereocenters. The first-order valence-corrected chi connectivity index (χ1v) is 7.45. The second-order valence-electron chi connectivity index (χ2n) is 4.95. The standard InChI is InChI=1S/C15H22ClN3.HI/c1-2-17-15(19-14-8-3-4-9-14)18-11-12-6-5-7-13(16)10-12;/h5-7,10,14H,2-4,8-9,11H2,1H3,(H2,17,18,19);1H. The minimum Gasteiger partial charge on any atom is -0.357 e. The molecule has 1 saturated carbocycles. The Hall–Kier alpha value is -0.490. The molecule has 1 fully saturated rings. The molecule has 1 aromatic carbocycles. The second kappa shape index (κ2) is 9.45. The number of nitrogens with zero attached hydrogens (tertiary/aromatic N) is 1. The Kier molecular flexibility index (Phi) is 8.30. The molecule has 0 unspecified atom stereocenters. The maximum Gasteiger partial charge on any atom is 0.191 e. The van der Waals surface area contributed by atoms with Crippen molar-refractivity contribution in [3.8, 4) is 0 Å². The van der Waals surface area contributed by atoms with Crippen LogP contribution in [0.5, 0.6) is 0 Å². The zero-order valence-corrected chi connectivity index (χ0v) is 14.9. The number of aliphatic imine (C=N–C) groups is 1. The first-order chi connectivity index (χ1) is 9.28. The summed E-state index contributed by atoms with van der Waals surface area (Å²) in [6.07, 6.45) is 5.15. The summed E-state index contributed by atoms with van der Waals surface area (Å²) >= 11 is 5.98. The van der Waals surface area contributed by atoms with Gasteiger partial charge in [-0.25, -0.2) is 4.99 Å². The molecule has 0 heterocycles. The Morgan fingerprint density at radius 3 is 2.75 bits per heavy atom. The van der Waals surface area contributed by atoms with Gasteiger partial charge in [0.05, 0.1) is 6.54 Å². The van der Waals surface area contributed by atoms with Crippen LogP contribution in [-0.2, 0) is 6.54 Å². The Morgan fingerprint density at radius 1 is 1.35 bits per heavy atom. The molecule has 0 bridgehead atoms. The molecule has 0 radical (unpaired) electrons. The molecule has 0 spiro atoms. The molecule has 0 saturated heterocycles. The number of guanidine groups is 1. The topological polar surface area (TPSA) is 36.4 Å². The molecule has 3 nitrogen and oxygen atoms in total. The van der Waals surface area contributed by atoms with Crippen LogP contribution in [0.3, 0.4) is 0 Å². The minimum absolute atomic E-state index is 0. The Labute approximate surface area is 143 Å². The lowest BCUT2D eigenvalue weighted by Crippen LogP contribution is -2.42. The number of hydrogen-bond donors (Lipinski definition) is 2. The number of hydrogen-bond acceptors (Lipinski definition) is 1. The van der Waals surface area contributed by atoms with Crippen LogP contribution < -0.4 is 10.6 Å². The Morgan fingerprint density at radius 2 is 2.10 bits per heavy atom. The average molecular weight is 408 g/mol. The molecular weight excluding hydrogens is 385 g/mol. The van der Waals surface area contributed by atoms with Crippen LogP contribution in [0.1, 0.15) is 38.2 Å². The van der Waals surface area contributed by atoms with Crippen molar-refractivity contribution in [2.45, 2.75) is 45.2 Å². The zero-order chi connectivity index (χ0) is 13.5. The molecule has 1 aromatic rings. The van der Waals surface area contributed by atoms with Gasteiger partial charge in [0, 0.05) is 17.6 Å². The minimum atomic E-state index is 0. The van der Waals surface area contributed by atoms with E-state index in [9.17, 15) is 0 Å². The van der Waals surface area contributed by atoms with Crippen LogP contribution in [-0.4, -0.2) is 18.5 Å². The van der Waals surface area contributed by atoms with Crippen LogP contribution >= 0.6 is 35.6 Å². The summed E-state index contributed by atoms with van der Waals surface area (Å²) in [4.78, 5) is 4.62. The third kappa shape index (κ3) is 5.87. The molecule has 20 heavy (non-hydrogen) atoms. The van der Waals surface area contributed by atoms with Gasteiger partial charge in [-0.2, -0.15) is 0 Å². The van der Waals surface area contributed by atoms with Crippen molar-refractivity contribution in [1.82, 2.24) is 10.6 Å². The van der Waals surface area contributed by atoms with Crippen LogP contribution in [0.15, 0.2) is 29.3 Å². The molecule has 1 aliphatic rings. The quantitative estimate of drug-likeness (QED) is 0.450. The summed E-state index contributed by atoms with van der Waals surface area (Å²) < 4.78 is 0. The van der Waals surface area contributed by atoms with Gasteiger partial charge in [0.25, 0.3) is 0 Å². The molecule has 0 aromatic heterocycles. The lowest BCUT2D eigenvalue weighted by atomic mass is 10.2. The van der Waals surface area contributed by atoms with Gasteiger partial charge in [-0.15, -0.1) is 24.0 Å². The summed E-state index contributed by atoms with van der Waals surface area (Å²) in [6.45, 7) is 3.63. The van der Waals surface area contributed by atoms with E-state index in [-0.39, 0.29) is 24.0 Å². The first-order valence-electron chi connectivity index (χ1n) is 7.07. The smallest absolute Gasteiger partial charge is 0.191 e. The summed E-state index contributed by atoms with van der Waals surface area (Å²) in [7, 11) is 0. The van der Waals surface area contributed by atoms with E-state index in [0.717, 1.165) is 23.1 Å². The monoisotopic (exact) mass is 407 g/mol. The fourth-order valence-electron chi connectivity index (χ4n) is 2.39. The maximum absolute atomic E-state index is 5.98. The normalized spacial score (nSPS) is 15.8. The maximum atomic E-state index is 5.98. The van der Waals surface area contributed by atoms with Crippen LogP contribution in [0, 0.1) is 0 Å². The fraction of sp³-hybridized carbons (Fsp3) is 0.533. The second-order valence-corrected chi connectivity index (χ2v) is 5.39. The van der Waals surface area contributed by atoms with Crippen LogP contribution in [0.25, 0.3) is 0 Å². The molecule has 0 amide bonds. The summed E-state index contributed by atoms with van der Waals surface area (Å²) in [5.41, 5.74) is 1.14. The SMILES string of the molecule is CCNC(=NCc1cccc(Cl)c1)NC1CCCC1.I. The van der Waals surface area contributed by atoms with Gasteiger partial charge >= 0.3 is 0 Å². The molecule has 1 aliphatic carbocycles. The third-order valence-corrected chi connectivity index (χ3v) is 3.58. The molecule has 2 rings (SSSR count). The highest BCUT2D eigenvalue weighted by molar-refractivity contribution is 14.0. The van der Waals surface area contributed by atoms with Crippen molar-refractivity contribution in [3.63, 3.8) is 0 Å². The predicted octanol–water partition coefficient (Wildman–Crippen LogP) is 3.96. The first kappa shape index (κ1) is 17.6. The van der Waals surface area contributed by atoms with E-state index in [4.69, 9.17) is 11.6 Å². The van der Waals surface area contributed by atoms with E-state index < -0.39 is 0 Å². The number of benzene rings is 1.